The summed E-state index contributed by atoms with van der Waals surface area (Å²) >= 11 is 0. The normalized spacial score (nSPS) is 10.6. The largest absolute Gasteiger partial charge is 0.492 e. The van der Waals surface area contributed by atoms with Crippen LogP contribution in [0.25, 0.3) is 10.9 Å². The van der Waals surface area contributed by atoms with Gasteiger partial charge in [0.2, 0.25) is 0 Å². The first-order chi connectivity index (χ1) is 12.2. The van der Waals surface area contributed by atoms with Crippen molar-refractivity contribution in [1.82, 2.24) is 9.97 Å². The number of fused-ring (bicyclic) bond motifs is 1. The molecule has 0 saturated heterocycles. The Hall–Kier alpha value is -3.13. The molecule has 0 aliphatic rings. The molecule has 0 bridgehead atoms. The standard InChI is InChI=1S/C20H20N4O/c1-14(2)15-3-5-17(6-4-15)25-10-9-23-20-16(11-21)12-24-19-13-22-8-7-18(19)20/h3-8,12-14H,9-10H2,1-2H3,(H,23,24). The number of nitrogens with zero attached hydrogens (tertiary/aromatic N) is 3. The number of aromatic nitrogens is 2. The molecule has 0 spiro atoms. The lowest BCUT2D eigenvalue weighted by Gasteiger charge is -2.12. The van der Waals surface area contributed by atoms with E-state index in [0.717, 1.165) is 22.3 Å². The molecular formula is C20H20N4O. The Morgan fingerprint density at radius 3 is 2.68 bits per heavy atom. The third-order valence-corrected chi connectivity index (χ3v) is 4.01. The molecule has 0 unspecified atom stereocenters. The molecule has 1 aromatic carbocycles. The van der Waals surface area contributed by atoms with Gasteiger partial charge in [-0.3, -0.25) is 9.97 Å². The third-order valence-electron chi connectivity index (χ3n) is 4.01. The molecule has 3 rings (SSSR count). The van der Waals surface area contributed by atoms with Crippen molar-refractivity contribution in [3.05, 3.63) is 60.0 Å². The van der Waals surface area contributed by atoms with Gasteiger partial charge >= 0.3 is 0 Å². The van der Waals surface area contributed by atoms with Gasteiger partial charge in [0.05, 0.1) is 23.0 Å². The number of hydrogen-bond donors (Lipinski definition) is 1. The second kappa shape index (κ2) is 7.63. The molecule has 5 heteroatoms. The van der Waals surface area contributed by atoms with Crippen molar-refractivity contribution in [3.63, 3.8) is 0 Å². The number of nitrogens with one attached hydrogen (secondary N) is 1. The molecule has 0 aliphatic carbocycles. The molecule has 25 heavy (non-hydrogen) atoms. The minimum Gasteiger partial charge on any atom is -0.492 e. The minimum atomic E-state index is 0.501. The molecule has 2 heterocycles. The first-order valence-corrected chi connectivity index (χ1v) is 8.28. The van der Waals surface area contributed by atoms with Gasteiger partial charge in [-0.05, 0) is 29.7 Å². The number of hydrogen-bond acceptors (Lipinski definition) is 5. The Morgan fingerprint density at radius 1 is 1.16 bits per heavy atom. The van der Waals surface area contributed by atoms with E-state index >= 15 is 0 Å². The number of anilines is 1. The van der Waals surface area contributed by atoms with Gasteiger partial charge in [0.1, 0.15) is 18.4 Å². The van der Waals surface area contributed by atoms with E-state index in [1.165, 1.54) is 5.56 Å². The lowest BCUT2D eigenvalue weighted by Crippen LogP contribution is -2.13. The van der Waals surface area contributed by atoms with Gasteiger partial charge in [0.15, 0.2) is 0 Å². The van der Waals surface area contributed by atoms with Crippen molar-refractivity contribution in [2.24, 2.45) is 0 Å². The molecule has 0 radical (unpaired) electrons. The van der Waals surface area contributed by atoms with Crippen LogP contribution in [-0.2, 0) is 0 Å². The maximum Gasteiger partial charge on any atom is 0.119 e. The summed E-state index contributed by atoms with van der Waals surface area (Å²) in [5.74, 6) is 1.35. The Morgan fingerprint density at radius 2 is 1.96 bits per heavy atom. The molecule has 5 nitrogen and oxygen atoms in total. The van der Waals surface area contributed by atoms with Crippen LogP contribution in [0.2, 0.25) is 0 Å². The van der Waals surface area contributed by atoms with Crippen molar-refractivity contribution in [2.75, 3.05) is 18.5 Å². The van der Waals surface area contributed by atoms with Crippen LogP contribution in [0.4, 0.5) is 5.69 Å². The van der Waals surface area contributed by atoms with E-state index in [9.17, 15) is 5.26 Å². The van der Waals surface area contributed by atoms with E-state index in [1.807, 2.05) is 18.2 Å². The Kier molecular flexibility index (Phi) is 5.10. The predicted octanol–water partition coefficient (Wildman–Crippen LogP) is 4.12. The first kappa shape index (κ1) is 16.7. The number of ether oxygens (including phenoxy) is 1. The van der Waals surface area contributed by atoms with Gasteiger partial charge in [-0.1, -0.05) is 26.0 Å². The fourth-order valence-corrected chi connectivity index (χ4v) is 2.61. The maximum atomic E-state index is 9.31. The average Bonchev–Trinajstić information content (AvgIpc) is 2.65. The van der Waals surface area contributed by atoms with E-state index in [1.54, 1.807) is 18.6 Å². The highest BCUT2D eigenvalue weighted by Crippen LogP contribution is 2.24. The van der Waals surface area contributed by atoms with E-state index < -0.39 is 0 Å². The fraction of sp³-hybridized carbons (Fsp3) is 0.250. The van der Waals surface area contributed by atoms with Crippen LogP contribution in [0.1, 0.15) is 30.9 Å². The number of nitriles is 1. The number of rotatable bonds is 6. The summed E-state index contributed by atoms with van der Waals surface area (Å²) in [6.45, 7) is 5.42. The van der Waals surface area contributed by atoms with Gasteiger partial charge in [-0.15, -0.1) is 0 Å². The topological polar surface area (TPSA) is 70.8 Å². The maximum absolute atomic E-state index is 9.31. The van der Waals surface area contributed by atoms with Crippen LogP contribution in [0.15, 0.2) is 48.9 Å². The lowest BCUT2D eigenvalue weighted by molar-refractivity contribution is 0.333. The van der Waals surface area contributed by atoms with E-state index in [4.69, 9.17) is 4.74 Å². The minimum absolute atomic E-state index is 0.501. The molecule has 3 aromatic rings. The Labute approximate surface area is 147 Å². The van der Waals surface area contributed by atoms with Crippen LogP contribution in [0.3, 0.4) is 0 Å². The van der Waals surface area contributed by atoms with Gasteiger partial charge < -0.3 is 10.1 Å². The second-order valence-corrected chi connectivity index (χ2v) is 6.05. The van der Waals surface area contributed by atoms with E-state index in [2.05, 4.69) is 47.3 Å². The third kappa shape index (κ3) is 3.86. The zero-order valence-electron chi connectivity index (χ0n) is 14.4. The summed E-state index contributed by atoms with van der Waals surface area (Å²) in [4.78, 5) is 8.32. The predicted molar refractivity (Wildman–Crippen MR) is 98.8 cm³/mol. The van der Waals surface area contributed by atoms with Crippen LogP contribution in [0, 0.1) is 11.3 Å². The van der Waals surface area contributed by atoms with Gasteiger partial charge in [0.25, 0.3) is 0 Å². The molecule has 2 aromatic heterocycles. The molecule has 0 saturated carbocycles. The van der Waals surface area contributed by atoms with Crippen LogP contribution in [-0.4, -0.2) is 23.1 Å². The first-order valence-electron chi connectivity index (χ1n) is 8.28. The number of benzene rings is 1. The van der Waals surface area contributed by atoms with Crippen molar-refractivity contribution < 1.29 is 4.74 Å². The molecule has 1 N–H and O–H groups in total. The van der Waals surface area contributed by atoms with Crippen molar-refractivity contribution in [3.8, 4) is 11.8 Å². The molecule has 0 atom stereocenters. The quantitative estimate of drug-likeness (QED) is 0.688. The summed E-state index contributed by atoms with van der Waals surface area (Å²) in [7, 11) is 0. The van der Waals surface area contributed by atoms with Gasteiger partial charge in [0, 0.05) is 24.3 Å². The molecule has 126 valence electrons. The zero-order chi connectivity index (χ0) is 17.6. The summed E-state index contributed by atoms with van der Waals surface area (Å²) in [6, 6.07) is 12.2. The molecule has 0 fully saturated rings. The van der Waals surface area contributed by atoms with Gasteiger partial charge in [-0.25, -0.2) is 0 Å². The lowest BCUT2D eigenvalue weighted by atomic mass is 10.0. The zero-order valence-corrected chi connectivity index (χ0v) is 14.4. The summed E-state index contributed by atoms with van der Waals surface area (Å²) in [6.07, 6.45) is 4.95. The highest BCUT2D eigenvalue weighted by Gasteiger charge is 2.08. The number of pyridine rings is 2. The van der Waals surface area contributed by atoms with E-state index in [-0.39, 0.29) is 0 Å². The van der Waals surface area contributed by atoms with Crippen molar-refractivity contribution in [1.29, 1.82) is 5.26 Å². The molecular weight excluding hydrogens is 312 g/mol. The van der Waals surface area contributed by atoms with Crippen LogP contribution < -0.4 is 10.1 Å². The summed E-state index contributed by atoms with van der Waals surface area (Å²) < 4.78 is 5.77. The Balaban J connectivity index is 1.64. The van der Waals surface area contributed by atoms with Gasteiger partial charge in [-0.2, -0.15) is 5.26 Å². The van der Waals surface area contributed by atoms with Crippen molar-refractivity contribution >= 4 is 16.6 Å². The summed E-state index contributed by atoms with van der Waals surface area (Å²) in [5, 5.41) is 13.5. The van der Waals surface area contributed by atoms with Crippen LogP contribution >= 0.6 is 0 Å². The smallest absolute Gasteiger partial charge is 0.119 e. The van der Waals surface area contributed by atoms with E-state index in [0.29, 0.717) is 24.6 Å². The fourth-order valence-electron chi connectivity index (χ4n) is 2.61. The summed E-state index contributed by atoms with van der Waals surface area (Å²) in [5.41, 5.74) is 3.34. The Bertz CT molecular complexity index is 898. The second-order valence-electron chi connectivity index (χ2n) is 6.05. The molecule has 0 amide bonds. The highest BCUT2D eigenvalue weighted by atomic mass is 16.5. The average molecular weight is 332 g/mol. The monoisotopic (exact) mass is 332 g/mol. The van der Waals surface area contributed by atoms with Crippen molar-refractivity contribution in [2.45, 2.75) is 19.8 Å². The van der Waals surface area contributed by atoms with Crippen LogP contribution in [0.5, 0.6) is 5.75 Å². The SMILES string of the molecule is CC(C)c1ccc(OCCNc2c(C#N)cnc3cnccc23)cc1. The highest BCUT2D eigenvalue weighted by molar-refractivity contribution is 5.93. The molecule has 0 aliphatic heterocycles.